The number of aromatic nitrogens is 1. The highest BCUT2D eigenvalue weighted by atomic mass is 32.1. The van der Waals surface area contributed by atoms with Crippen LogP contribution < -0.4 is 14.8 Å². The maximum Gasteiger partial charge on any atom is 0.336 e. The Morgan fingerprint density at radius 2 is 1.74 bits per heavy atom. The van der Waals surface area contributed by atoms with E-state index in [1.807, 2.05) is 6.07 Å². The van der Waals surface area contributed by atoms with Crippen molar-refractivity contribution < 1.29 is 24.2 Å². The van der Waals surface area contributed by atoms with Gasteiger partial charge >= 0.3 is 5.97 Å². The van der Waals surface area contributed by atoms with Gasteiger partial charge < -0.3 is 14.6 Å². The highest BCUT2D eigenvalue weighted by Gasteiger charge is 2.17. The van der Waals surface area contributed by atoms with Crippen molar-refractivity contribution in [2.24, 2.45) is 0 Å². The van der Waals surface area contributed by atoms with E-state index >= 15 is 0 Å². The second-order valence-electron chi connectivity index (χ2n) is 5.41. The lowest BCUT2D eigenvalue weighted by molar-refractivity contribution is 0.0692. The van der Waals surface area contributed by atoms with E-state index in [1.54, 1.807) is 43.9 Å². The monoisotopic (exact) mass is 384 g/mol. The van der Waals surface area contributed by atoms with Crippen LogP contribution in [0.2, 0.25) is 0 Å². The van der Waals surface area contributed by atoms with Gasteiger partial charge in [0.25, 0.3) is 5.91 Å². The van der Waals surface area contributed by atoms with Gasteiger partial charge in [-0.3, -0.25) is 10.1 Å². The van der Waals surface area contributed by atoms with Gasteiger partial charge in [0.05, 0.1) is 31.0 Å². The summed E-state index contributed by atoms with van der Waals surface area (Å²) in [4.78, 5) is 28.1. The Balaban J connectivity index is 1.83. The van der Waals surface area contributed by atoms with Crippen molar-refractivity contribution in [3.63, 3.8) is 0 Å². The molecule has 0 saturated heterocycles. The van der Waals surface area contributed by atoms with E-state index in [2.05, 4.69) is 10.3 Å². The molecule has 0 aliphatic carbocycles. The number of rotatable bonds is 6. The number of hydrogen-bond donors (Lipinski definition) is 2. The molecule has 3 aromatic rings. The van der Waals surface area contributed by atoms with Crippen LogP contribution in [0.25, 0.3) is 11.3 Å². The summed E-state index contributed by atoms with van der Waals surface area (Å²) < 4.78 is 10.5. The third-order valence-corrected chi connectivity index (χ3v) is 4.56. The van der Waals surface area contributed by atoms with Crippen molar-refractivity contribution in [3.05, 3.63) is 59.0 Å². The van der Waals surface area contributed by atoms with Gasteiger partial charge in [0, 0.05) is 10.9 Å². The first-order chi connectivity index (χ1) is 13.0. The topological polar surface area (TPSA) is 97.8 Å². The third-order valence-electron chi connectivity index (χ3n) is 3.81. The zero-order valence-electron chi connectivity index (χ0n) is 14.6. The fraction of sp³-hybridized carbons (Fsp3) is 0.105. The molecule has 0 bridgehead atoms. The fourth-order valence-corrected chi connectivity index (χ4v) is 3.21. The maximum absolute atomic E-state index is 12.4. The first-order valence-corrected chi connectivity index (χ1v) is 8.73. The molecule has 2 N–H and O–H groups in total. The van der Waals surface area contributed by atoms with Crippen LogP contribution in [-0.2, 0) is 0 Å². The number of carbonyl (C=O) groups is 2. The van der Waals surface area contributed by atoms with Crippen LogP contribution in [-0.4, -0.2) is 36.2 Å². The van der Waals surface area contributed by atoms with E-state index < -0.39 is 11.9 Å². The van der Waals surface area contributed by atoms with Gasteiger partial charge in [0.15, 0.2) is 16.6 Å². The van der Waals surface area contributed by atoms with Crippen LogP contribution in [0.5, 0.6) is 11.5 Å². The van der Waals surface area contributed by atoms with E-state index in [9.17, 15) is 14.7 Å². The van der Waals surface area contributed by atoms with Gasteiger partial charge in [-0.15, -0.1) is 11.3 Å². The number of amides is 1. The van der Waals surface area contributed by atoms with E-state index in [4.69, 9.17) is 9.47 Å². The summed E-state index contributed by atoms with van der Waals surface area (Å²) in [6, 6.07) is 11.4. The predicted molar refractivity (Wildman–Crippen MR) is 102 cm³/mol. The van der Waals surface area contributed by atoms with Crippen molar-refractivity contribution in [1.82, 2.24) is 4.98 Å². The average Bonchev–Trinajstić information content (AvgIpc) is 3.15. The van der Waals surface area contributed by atoms with Gasteiger partial charge in [-0.25, -0.2) is 9.78 Å². The second-order valence-corrected chi connectivity index (χ2v) is 6.27. The zero-order valence-corrected chi connectivity index (χ0v) is 15.4. The number of methoxy groups -OCH3 is 2. The standard InChI is InChI=1S/C19H16N2O5S/c1-25-15-8-7-11(9-16(15)26-2)14-10-27-19(20-14)21-17(22)12-5-3-4-6-13(12)18(23)24/h3-10H,1-2H3,(H,23,24)(H,20,21,22). The number of carbonyl (C=O) groups excluding carboxylic acids is 1. The van der Waals surface area contributed by atoms with E-state index in [0.29, 0.717) is 22.3 Å². The van der Waals surface area contributed by atoms with Crippen LogP contribution in [0.4, 0.5) is 5.13 Å². The van der Waals surface area contributed by atoms with Crippen molar-refractivity contribution in [2.75, 3.05) is 19.5 Å². The number of carboxylic acid groups (broad SMARTS) is 1. The van der Waals surface area contributed by atoms with Crippen molar-refractivity contribution >= 4 is 28.3 Å². The van der Waals surface area contributed by atoms with E-state index in [1.165, 1.54) is 23.5 Å². The Bertz CT molecular complexity index is 999. The van der Waals surface area contributed by atoms with Crippen LogP contribution in [0.1, 0.15) is 20.7 Å². The minimum Gasteiger partial charge on any atom is -0.493 e. The van der Waals surface area contributed by atoms with Gasteiger partial charge in [0.2, 0.25) is 0 Å². The Hall–Kier alpha value is -3.39. The van der Waals surface area contributed by atoms with Crippen LogP contribution in [0, 0.1) is 0 Å². The Morgan fingerprint density at radius 3 is 2.41 bits per heavy atom. The lowest BCUT2D eigenvalue weighted by Gasteiger charge is -2.08. The number of ether oxygens (including phenoxy) is 2. The minimum absolute atomic E-state index is 0.0633. The number of carboxylic acids is 1. The second kappa shape index (κ2) is 7.88. The Labute approximate surface area is 159 Å². The molecule has 1 aromatic heterocycles. The molecule has 2 aromatic carbocycles. The highest BCUT2D eigenvalue weighted by molar-refractivity contribution is 7.14. The molecule has 138 valence electrons. The summed E-state index contributed by atoms with van der Waals surface area (Å²) >= 11 is 1.24. The molecule has 0 saturated carbocycles. The summed E-state index contributed by atoms with van der Waals surface area (Å²) in [7, 11) is 3.11. The summed E-state index contributed by atoms with van der Waals surface area (Å²) in [6.45, 7) is 0. The number of aromatic carboxylic acids is 1. The van der Waals surface area contributed by atoms with E-state index in [-0.39, 0.29) is 11.1 Å². The number of thiazole rings is 1. The fourth-order valence-electron chi connectivity index (χ4n) is 2.49. The van der Waals surface area contributed by atoms with Crippen LogP contribution >= 0.6 is 11.3 Å². The quantitative estimate of drug-likeness (QED) is 0.671. The molecule has 0 fully saturated rings. The summed E-state index contributed by atoms with van der Waals surface area (Å²) in [6.07, 6.45) is 0. The Morgan fingerprint density at radius 1 is 1.04 bits per heavy atom. The molecule has 1 heterocycles. The van der Waals surface area contributed by atoms with Crippen molar-refractivity contribution in [2.45, 2.75) is 0 Å². The maximum atomic E-state index is 12.4. The first kappa shape index (κ1) is 18.4. The molecule has 0 atom stereocenters. The van der Waals surface area contributed by atoms with Gasteiger partial charge in [-0.2, -0.15) is 0 Å². The molecule has 0 aliphatic heterocycles. The number of benzene rings is 2. The van der Waals surface area contributed by atoms with Gasteiger partial charge in [-0.05, 0) is 30.3 Å². The molecule has 8 heteroatoms. The lowest BCUT2D eigenvalue weighted by atomic mass is 10.1. The van der Waals surface area contributed by atoms with Gasteiger partial charge in [0.1, 0.15) is 0 Å². The SMILES string of the molecule is COc1ccc(-c2csc(NC(=O)c3ccccc3C(=O)O)n2)cc1OC. The largest absolute Gasteiger partial charge is 0.493 e. The molecule has 7 nitrogen and oxygen atoms in total. The van der Waals surface area contributed by atoms with Gasteiger partial charge in [-0.1, -0.05) is 12.1 Å². The number of hydrogen-bond acceptors (Lipinski definition) is 6. The minimum atomic E-state index is -1.16. The first-order valence-electron chi connectivity index (χ1n) is 7.85. The van der Waals surface area contributed by atoms with E-state index in [0.717, 1.165) is 5.56 Å². The average molecular weight is 384 g/mol. The molecule has 27 heavy (non-hydrogen) atoms. The summed E-state index contributed by atoms with van der Waals surface area (Å²) in [5.41, 5.74) is 1.47. The molecule has 0 unspecified atom stereocenters. The molecule has 3 rings (SSSR count). The molecule has 0 radical (unpaired) electrons. The number of nitrogens with zero attached hydrogens (tertiary/aromatic N) is 1. The molecular formula is C19H16N2O5S. The normalized spacial score (nSPS) is 10.3. The highest BCUT2D eigenvalue weighted by Crippen LogP contribution is 2.33. The van der Waals surface area contributed by atoms with Crippen LogP contribution in [0.3, 0.4) is 0 Å². The van der Waals surface area contributed by atoms with Crippen LogP contribution in [0.15, 0.2) is 47.8 Å². The third kappa shape index (κ3) is 3.90. The number of nitrogens with one attached hydrogen (secondary N) is 1. The predicted octanol–water partition coefficient (Wildman–Crippen LogP) is 3.78. The molecule has 0 spiro atoms. The Kier molecular flexibility index (Phi) is 5.37. The summed E-state index contributed by atoms with van der Waals surface area (Å²) in [5, 5.41) is 14.0. The molecule has 1 amide bonds. The summed E-state index contributed by atoms with van der Waals surface area (Å²) in [5.74, 6) is -0.508. The van der Waals surface area contributed by atoms with Crippen molar-refractivity contribution in [3.8, 4) is 22.8 Å². The number of anilines is 1. The smallest absolute Gasteiger partial charge is 0.336 e. The molecule has 0 aliphatic rings. The molecular weight excluding hydrogens is 368 g/mol. The lowest BCUT2D eigenvalue weighted by Crippen LogP contribution is -2.16. The zero-order chi connectivity index (χ0) is 19.4. The van der Waals surface area contributed by atoms with Crippen molar-refractivity contribution in [1.29, 1.82) is 0 Å².